The van der Waals surface area contributed by atoms with E-state index >= 15 is 0 Å². The third-order valence-electron chi connectivity index (χ3n) is 5.54. The van der Waals surface area contributed by atoms with Gasteiger partial charge in [0, 0.05) is 10.9 Å². The fourth-order valence-corrected chi connectivity index (χ4v) is 3.96. The number of aromatic nitrogens is 4. The van der Waals surface area contributed by atoms with Crippen LogP contribution in [-0.4, -0.2) is 25.9 Å². The molecule has 2 aromatic heterocycles. The Morgan fingerprint density at radius 3 is 2.50 bits per heavy atom. The molecular weight excluding hydrogens is 431 g/mol. The van der Waals surface area contributed by atoms with Crippen LogP contribution < -0.4 is 0 Å². The maximum atomic E-state index is 13.3. The van der Waals surface area contributed by atoms with Gasteiger partial charge in [0.25, 0.3) is 0 Å². The van der Waals surface area contributed by atoms with Gasteiger partial charge in [0.1, 0.15) is 18.1 Å². The summed E-state index contributed by atoms with van der Waals surface area (Å²) in [7, 11) is 0. The summed E-state index contributed by atoms with van der Waals surface area (Å²) >= 11 is 0. The lowest BCUT2D eigenvalue weighted by Gasteiger charge is -2.15. The number of hydrogen-bond acceptors (Lipinski definition) is 5. The highest BCUT2D eigenvalue weighted by atomic mass is 19.1. The van der Waals surface area contributed by atoms with Crippen molar-refractivity contribution in [1.82, 2.24) is 20.0 Å². The minimum absolute atomic E-state index is 0.0251. The molecule has 7 heteroatoms. The number of benzene rings is 3. The van der Waals surface area contributed by atoms with Crippen molar-refractivity contribution in [3.05, 3.63) is 113 Å². The number of pyridine rings is 1. The maximum absolute atomic E-state index is 13.3. The molecule has 0 fully saturated rings. The number of aryl methyl sites for hydroxylation is 1. The molecule has 0 radical (unpaired) electrons. The standard InChI is InChI=1S/C27H21FN4O2/c1-18-25(26(20-7-3-2-4-8-20)23-9-5-6-10-24(23)29-18)27(33)34-17-22-16-32(31-30-22)15-19-11-13-21(28)14-12-19/h2-14,16H,15,17H2,1H3. The first-order chi connectivity index (χ1) is 16.6. The topological polar surface area (TPSA) is 69.9 Å². The third kappa shape index (κ3) is 4.41. The Bertz CT molecular complexity index is 1460. The van der Waals surface area contributed by atoms with Gasteiger partial charge in [-0.1, -0.05) is 65.9 Å². The summed E-state index contributed by atoms with van der Waals surface area (Å²) < 4.78 is 20.4. The molecule has 0 unspecified atom stereocenters. The van der Waals surface area contributed by atoms with Crippen LogP contribution in [0.2, 0.25) is 0 Å². The van der Waals surface area contributed by atoms with Gasteiger partial charge in [-0.2, -0.15) is 0 Å². The molecule has 0 N–H and O–H groups in total. The summed E-state index contributed by atoms with van der Waals surface area (Å²) in [6.07, 6.45) is 1.71. The highest BCUT2D eigenvalue weighted by molar-refractivity contribution is 6.07. The Hall–Kier alpha value is -4.39. The summed E-state index contributed by atoms with van der Waals surface area (Å²) in [5, 5.41) is 9.06. The second-order valence-corrected chi connectivity index (χ2v) is 7.94. The number of nitrogens with zero attached hydrogens (tertiary/aromatic N) is 4. The van der Waals surface area contributed by atoms with E-state index in [0.717, 1.165) is 27.6 Å². The van der Waals surface area contributed by atoms with E-state index in [-0.39, 0.29) is 12.4 Å². The predicted octanol–water partition coefficient (Wildman–Crippen LogP) is 5.35. The lowest BCUT2D eigenvalue weighted by Crippen LogP contribution is -2.11. The molecule has 0 saturated carbocycles. The van der Waals surface area contributed by atoms with Gasteiger partial charge < -0.3 is 4.74 Å². The Morgan fingerprint density at radius 1 is 0.971 bits per heavy atom. The van der Waals surface area contributed by atoms with E-state index in [2.05, 4.69) is 15.3 Å². The van der Waals surface area contributed by atoms with Crippen molar-refractivity contribution in [2.45, 2.75) is 20.1 Å². The van der Waals surface area contributed by atoms with Gasteiger partial charge >= 0.3 is 5.97 Å². The zero-order chi connectivity index (χ0) is 23.5. The summed E-state index contributed by atoms with van der Waals surface area (Å²) in [5.41, 5.74) is 4.98. The van der Waals surface area contributed by atoms with Crippen LogP contribution >= 0.6 is 0 Å². The van der Waals surface area contributed by atoms with Crippen molar-refractivity contribution >= 4 is 16.9 Å². The smallest absolute Gasteiger partial charge is 0.341 e. The van der Waals surface area contributed by atoms with Gasteiger partial charge in [-0.05, 0) is 36.2 Å². The van der Waals surface area contributed by atoms with E-state index in [1.165, 1.54) is 12.1 Å². The van der Waals surface area contributed by atoms with Crippen LogP contribution in [0.4, 0.5) is 4.39 Å². The first-order valence-corrected chi connectivity index (χ1v) is 10.8. The van der Waals surface area contributed by atoms with Crippen LogP contribution in [0.5, 0.6) is 0 Å². The Morgan fingerprint density at radius 2 is 1.71 bits per heavy atom. The lowest BCUT2D eigenvalue weighted by atomic mass is 9.94. The molecular formula is C27H21FN4O2. The van der Waals surface area contributed by atoms with Crippen LogP contribution in [0.1, 0.15) is 27.3 Å². The minimum atomic E-state index is -0.470. The Labute approximate surface area is 195 Å². The van der Waals surface area contributed by atoms with Crippen molar-refractivity contribution in [1.29, 1.82) is 0 Å². The molecule has 0 atom stereocenters. The number of fused-ring (bicyclic) bond motifs is 1. The number of halogens is 1. The first kappa shape index (κ1) is 21.5. The highest BCUT2D eigenvalue weighted by Crippen LogP contribution is 2.33. The summed E-state index contributed by atoms with van der Waals surface area (Å²) in [4.78, 5) is 17.9. The number of para-hydroxylation sites is 1. The second kappa shape index (κ2) is 9.23. The van der Waals surface area contributed by atoms with Crippen LogP contribution in [0.15, 0.2) is 85.1 Å². The van der Waals surface area contributed by atoms with Crippen LogP contribution in [0.3, 0.4) is 0 Å². The number of carbonyl (C=O) groups excluding carboxylic acids is 1. The SMILES string of the molecule is Cc1nc2ccccc2c(-c2ccccc2)c1C(=O)OCc1cn(Cc2ccc(F)cc2)nn1. The number of ether oxygens (including phenoxy) is 1. The molecule has 0 spiro atoms. The minimum Gasteiger partial charge on any atom is -0.455 e. The monoisotopic (exact) mass is 452 g/mol. The molecule has 168 valence electrons. The molecule has 5 aromatic rings. The summed E-state index contributed by atoms with van der Waals surface area (Å²) in [6, 6.07) is 23.7. The quantitative estimate of drug-likeness (QED) is 0.325. The van der Waals surface area contributed by atoms with Crippen molar-refractivity contribution in [3.8, 4) is 11.1 Å². The molecule has 0 aliphatic carbocycles. The fraction of sp³-hybridized carbons (Fsp3) is 0.111. The number of carbonyl (C=O) groups is 1. The van der Waals surface area contributed by atoms with Crippen LogP contribution in [0.25, 0.3) is 22.0 Å². The third-order valence-corrected chi connectivity index (χ3v) is 5.54. The number of rotatable bonds is 6. The molecule has 0 saturated heterocycles. The van der Waals surface area contributed by atoms with Gasteiger partial charge in [0.2, 0.25) is 0 Å². The van der Waals surface area contributed by atoms with Crippen molar-refractivity contribution in [3.63, 3.8) is 0 Å². The first-order valence-electron chi connectivity index (χ1n) is 10.8. The normalized spacial score (nSPS) is 11.0. The van der Waals surface area contributed by atoms with Gasteiger partial charge in [0.15, 0.2) is 0 Å². The zero-order valence-corrected chi connectivity index (χ0v) is 18.5. The molecule has 2 heterocycles. The van der Waals surface area contributed by atoms with E-state index in [0.29, 0.717) is 23.5 Å². The van der Waals surface area contributed by atoms with Gasteiger partial charge in [0.05, 0.1) is 29.5 Å². The van der Waals surface area contributed by atoms with E-state index in [9.17, 15) is 9.18 Å². The predicted molar refractivity (Wildman–Crippen MR) is 127 cm³/mol. The van der Waals surface area contributed by atoms with Gasteiger partial charge in [-0.3, -0.25) is 4.98 Å². The van der Waals surface area contributed by atoms with Crippen LogP contribution in [0, 0.1) is 12.7 Å². The number of esters is 1. The van der Waals surface area contributed by atoms with E-state index in [1.807, 2.05) is 61.5 Å². The lowest BCUT2D eigenvalue weighted by molar-refractivity contribution is 0.0467. The molecule has 0 bridgehead atoms. The summed E-state index contributed by atoms with van der Waals surface area (Å²) in [6.45, 7) is 2.23. The van der Waals surface area contributed by atoms with E-state index in [1.54, 1.807) is 23.0 Å². The molecule has 0 aliphatic heterocycles. The Balaban J connectivity index is 1.40. The Kier molecular flexibility index (Phi) is 5.82. The van der Waals surface area contributed by atoms with Crippen molar-refractivity contribution < 1.29 is 13.9 Å². The summed E-state index contributed by atoms with van der Waals surface area (Å²) in [5.74, 6) is -0.758. The molecule has 3 aromatic carbocycles. The highest BCUT2D eigenvalue weighted by Gasteiger charge is 2.22. The molecule has 0 amide bonds. The van der Waals surface area contributed by atoms with E-state index in [4.69, 9.17) is 4.74 Å². The van der Waals surface area contributed by atoms with Crippen molar-refractivity contribution in [2.24, 2.45) is 0 Å². The van der Waals surface area contributed by atoms with Crippen LogP contribution in [-0.2, 0) is 17.9 Å². The molecule has 6 nitrogen and oxygen atoms in total. The zero-order valence-electron chi connectivity index (χ0n) is 18.5. The average Bonchev–Trinajstić information content (AvgIpc) is 3.31. The fourth-order valence-electron chi connectivity index (χ4n) is 3.96. The largest absolute Gasteiger partial charge is 0.455 e. The average molecular weight is 452 g/mol. The number of hydrogen-bond donors (Lipinski definition) is 0. The second-order valence-electron chi connectivity index (χ2n) is 7.94. The molecule has 5 rings (SSSR count). The van der Waals surface area contributed by atoms with E-state index < -0.39 is 5.97 Å². The van der Waals surface area contributed by atoms with Crippen molar-refractivity contribution in [2.75, 3.05) is 0 Å². The van der Waals surface area contributed by atoms with Gasteiger partial charge in [-0.25, -0.2) is 13.9 Å². The molecule has 0 aliphatic rings. The maximum Gasteiger partial charge on any atom is 0.341 e. The molecule has 34 heavy (non-hydrogen) atoms. The van der Waals surface area contributed by atoms with Gasteiger partial charge in [-0.15, -0.1) is 5.10 Å².